The first-order valence-corrected chi connectivity index (χ1v) is 10.1. The molecule has 1 N–H and O–H groups in total. The number of benzene rings is 1. The number of piperidine rings is 1. The molecule has 1 saturated carbocycles. The average molecular weight is 386 g/mol. The minimum Gasteiger partial charge on any atom is -0.341 e. The maximum atomic E-state index is 13.6. The fraction of sp³-hybridized carbons (Fsp3) is 0.600. The number of hydrogen-bond donors (Lipinski definition) is 1. The van der Waals surface area contributed by atoms with Crippen LogP contribution in [0.5, 0.6) is 0 Å². The van der Waals surface area contributed by atoms with E-state index in [0.29, 0.717) is 18.3 Å². The van der Waals surface area contributed by atoms with E-state index in [0.717, 1.165) is 44.0 Å². The van der Waals surface area contributed by atoms with Crippen LogP contribution in [-0.2, 0) is 11.2 Å². The van der Waals surface area contributed by atoms with Gasteiger partial charge in [-0.25, -0.2) is 9.07 Å². The average Bonchev–Trinajstić information content (AvgIpc) is 3.44. The van der Waals surface area contributed by atoms with E-state index in [-0.39, 0.29) is 11.7 Å². The van der Waals surface area contributed by atoms with E-state index < -0.39 is 6.04 Å². The van der Waals surface area contributed by atoms with Crippen LogP contribution < -0.4 is 5.32 Å². The third-order valence-corrected chi connectivity index (χ3v) is 5.75. The monoisotopic (exact) mass is 386 g/mol. The number of aryl methyl sites for hydroxylation is 1. The number of likely N-dealkylation sites (tertiary alicyclic amines) is 1. The number of nitrogens with zero attached hydrogens (tertiary/aromatic N) is 5. The van der Waals surface area contributed by atoms with Crippen molar-refractivity contribution in [3.63, 3.8) is 0 Å². The van der Waals surface area contributed by atoms with E-state index in [1.807, 2.05) is 11.0 Å². The van der Waals surface area contributed by atoms with Crippen LogP contribution in [0.25, 0.3) is 0 Å². The topological polar surface area (TPSA) is 75.9 Å². The fourth-order valence-corrected chi connectivity index (χ4v) is 3.86. The standard InChI is InChI=1S/C20H27FN6O/c1-14-23-24-25-27(14)19(12-16-3-2-4-17(21)11-16)20(28)26-9-7-18(8-10-26)22-13-15-5-6-15/h2-4,11,15,18-19,22H,5-10,12-13H2,1H3. The molecule has 2 fully saturated rings. The first-order chi connectivity index (χ1) is 13.6. The van der Waals surface area contributed by atoms with Crippen molar-refractivity contribution in [1.82, 2.24) is 30.4 Å². The summed E-state index contributed by atoms with van der Waals surface area (Å²) in [4.78, 5) is 15.2. The molecule has 0 radical (unpaired) electrons. The van der Waals surface area contributed by atoms with Crippen molar-refractivity contribution in [2.75, 3.05) is 19.6 Å². The first kappa shape index (κ1) is 19.0. The van der Waals surface area contributed by atoms with Gasteiger partial charge < -0.3 is 10.2 Å². The quantitative estimate of drug-likeness (QED) is 0.787. The van der Waals surface area contributed by atoms with Crippen LogP contribution in [-0.4, -0.2) is 56.7 Å². The van der Waals surface area contributed by atoms with E-state index in [1.165, 1.54) is 25.0 Å². The second-order valence-corrected chi connectivity index (χ2v) is 7.97. The molecule has 7 nitrogen and oxygen atoms in total. The molecule has 1 amide bonds. The highest BCUT2D eigenvalue weighted by Crippen LogP contribution is 2.28. The molecule has 2 aromatic rings. The van der Waals surface area contributed by atoms with Gasteiger partial charge in [0, 0.05) is 25.6 Å². The van der Waals surface area contributed by atoms with Gasteiger partial charge in [0.1, 0.15) is 17.7 Å². The number of aromatic nitrogens is 4. The highest BCUT2D eigenvalue weighted by Gasteiger charge is 2.32. The Kier molecular flexibility index (Phi) is 5.66. The van der Waals surface area contributed by atoms with Crippen LogP contribution in [0.15, 0.2) is 24.3 Å². The lowest BCUT2D eigenvalue weighted by Gasteiger charge is -2.34. The number of hydrogen-bond acceptors (Lipinski definition) is 5. The normalized spacial score (nSPS) is 19.0. The maximum Gasteiger partial charge on any atom is 0.247 e. The third-order valence-electron chi connectivity index (χ3n) is 5.75. The summed E-state index contributed by atoms with van der Waals surface area (Å²) in [7, 11) is 0. The number of carbonyl (C=O) groups is 1. The zero-order valence-corrected chi connectivity index (χ0v) is 16.2. The Labute approximate surface area is 164 Å². The van der Waals surface area contributed by atoms with E-state index >= 15 is 0 Å². The number of tetrazole rings is 1. The highest BCUT2D eigenvalue weighted by atomic mass is 19.1. The summed E-state index contributed by atoms with van der Waals surface area (Å²) in [6.45, 7) is 4.33. The van der Waals surface area contributed by atoms with Crippen molar-refractivity contribution in [3.05, 3.63) is 41.5 Å². The molecule has 4 rings (SSSR count). The first-order valence-electron chi connectivity index (χ1n) is 10.1. The molecule has 2 aliphatic rings. The summed E-state index contributed by atoms with van der Waals surface area (Å²) in [5, 5.41) is 15.3. The predicted octanol–water partition coefficient (Wildman–Crippen LogP) is 1.90. The van der Waals surface area contributed by atoms with Gasteiger partial charge in [0.15, 0.2) is 0 Å². The second-order valence-electron chi connectivity index (χ2n) is 7.97. The minimum atomic E-state index is -0.562. The Morgan fingerprint density at radius 2 is 2.07 bits per heavy atom. The van der Waals surface area contributed by atoms with Gasteiger partial charge in [-0.3, -0.25) is 4.79 Å². The fourth-order valence-electron chi connectivity index (χ4n) is 3.86. The van der Waals surface area contributed by atoms with Crippen molar-refractivity contribution in [2.24, 2.45) is 5.92 Å². The number of halogens is 1. The van der Waals surface area contributed by atoms with Gasteiger partial charge in [-0.2, -0.15) is 0 Å². The van der Waals surface area contributed by atoms with Crippen LogP contribution in [0.1, 0.15) is 43.1 Å². The zero-order valence-electron chi connectivity index (χ0n) is 16.2. The molecule has 1 aliphatic heterocycles. The van der Waals surface area contributed by atoms with Crippen molar-refractivity contribution in [2.45, 2.75) is 51.1 Å². The summed E-state index contributed by atoms with van der Waals surface area (Å²) in [6.07, 6.45) is 4.97. The molecule has 1 aliphatic carbocycles. The van der Waals surface area contributed by atoms with Crippen molar-refractivity contribution >= 4 is 5.91 Å². The summed E-state index contributed by atoms with van der Waals surface area (Å²) in [5.41, 5.74) is 0.759. The Morgan fingerprint density at radius 3 is 2.71 bits per heavy atom. The van der Waals surface area contributed by atoms with Gasteiger partial charge in [0.2, 0.25) is 5.91 Å². The molecule has 1 aromatic carbocycles. The second kappa shape index (κ2) is 8.34. The molecule has 2 heterocycles. The van der Waals surface area contributed by atoms with E-state index in [4.69, 9.17) is 0 Å². The number of nitrogens with one attached hydrogen (secondary N) is 1. The smallest absolute Gasteiger partial charge is 0.247 e. The molecular weight excluding hydrogens is 359 g/mol. The van der Waals surface area contributed by atoms with Crippen LogP contribution >= 0.6 is 0 Å². The molecule has 1 saturated heterocycles. The van der Waals surface area contributed by atoms with E-state index in [2.05, 4.69) is 20.8 Å². The molecule has 1 aromatic heterocycles. The van der Waals surface area contributed by atoms with Crippen LogP contribution in [0, 0.1) is 18.7 Å². The van der Waals surface area contributed by atoms with Crippen LogP contribution in [0.3, 0.4) is 0 Å². The Hall–Kier alpha value is -2.35. The lowest BCUT2D eigenvalue weighted by molar-refractivity contribution is -0.136. The van der Waals surface area contributed by atoms with Crippen molar-refractivity contribution in [3.8, 4) is 0 Å². The molecule has 0 spiro atoms. The van der Waals surface area contributed by atoms with Crippen LogP contribution in [0.4, 0.5) is 4.39 Å². The molecule has 150 valence electrons. The van der Waals surface area contributed by atoms with E-state index in [9.17, 15) is 9.18 Å². The summed E-state index contributed by atoms with van der Waals surface area (Å²) >= 11 is 0. The van der Waals surface area contributed by atoms with E-state index in [1.54, 1.807) is 17.7 Å². The third kappa shape index (κ3) is 4.55. The summed E-state index contributed by atoms with van der Waals surface area (Å²) < 4.78 is 15.2. The summed E-state index contributed by atoms with van der Waals surface area (Å²) in [5.74, 6) is 1.13. The molecule has 0 bridgehead atoms. The summed E-state index contributed by atoms with van der Waals surface area (Å²) in [6, 6.07) is 6.29. The van der Waals surface area contributed by atoms with Gasteiger partial charge in [-0.1, -0.05) is 12.1 Å². The highest BCUT2D eigenvalue weighted by molar-refractivity contribution is 5.80. The zero-order chi connectivity index (χ0) is 19.5. The largest absolute Gasteiger partial charge is 0.341 e. The predicted molar refractivity (Wildman–Crippen MR) is 102 cm³/mol. The van der Waals surface area contributed by atoms with Gasteiger partial charge in [0.25, 0.3) is 0 Å². The molecule has 1 atom stereocenters. The SMILES string of the molecule is Cc1nnnn1C(Cc1cccc(F)c1)C(=O)N1CCC(NCC2CC2)CC1. The maximum absolute atomic E-state index is 13.6. The van der Waals surface area contributed by atoms with Crippen molar-refractivity contribution < 1.29 is 9.18 Å². The minimum absolute atomic E-state index is 0.000282. The van der Waals surface area contributed by atoms with Gasteiger partial charge in [-0.15, -0.1) is 5.10 Å². The Morgan fingerprint density at radius 1 is 1.29 bits per heavy atom. The lowest BCUT2D eigenvalue weighted by atomic mass is 10.0. The van der Waals surface area contributed by atoms with Crippen LogP contribution in [0.2, 0.25) is 0 Å². The molecule has 28 heavy (non-hydrogen) atoms. The van der Waals surface area contributed by atoms with Gasteiger partial charge in [-0.05, 0) is 73.2 Å². The number of carbonyl (C=O) groups excluding carboxylic acids is 1. The number of rotatable bonds is 7. The van der Waals surface area contributed by atoms with Crippen molar-refractivity contribution in [1.29, 1.82) is 0 Å². The molecule has 1 unspecified atom stereocenters. The van der Waals surface area contributed by atoms with Gasteiger partial charge >= 0.3 is 0 Å². The Bertz CT molecular complexity index is 813. The lowest BCUT2D eigenvalue weighted by Crippen LogP contribution is -2.48. The Balaban J connectivity index is 1.43. The number of amides is 1. The molecule has 8 heteroatoms. The molecular formula is C20H27FN6O. The van der Waals surface area contributed by atoms with Gasteiger partial charge in [0.05, 0.1) is 0 Å².